The zero-order valence-electron chi connectivity index (χ0n) is 12.4. The number of hydrazone groups is 1. The number of nitrogens with one attached hydrogen (secondary N) is 1. The third-order valence-electron chi connectivity index (χ3n) is 2.44. The lowest BCUT2D eigenvalue weighted by molar-refractivity contribution is 0.347. The van der Waals surface area contributed by atoms with Crippen molar-refractivity contribution in [1.29, 1.82) is 0 Å². The van der Waals surface area contributed by atoms with Gasteiger partial charge in [-0.25, -0.2) is 0 Å². The van der Waals surface area contributed by atoms with E-state index in [4.69, 9.17) is 19.9 Å². The van der Waals surface area contributed by atoms with Crippen molar-refractivity contribution < 1.29 is 14.2 Å². The van der Waals surface area contributed by atoms with Crippen LogP contribution < -0.4 is 25.4 Å². The number of hydrogen-bond donors (Lipinski definition) is 2. The fourth-order valence-corrected chi connectivity index (χ4v) is 1.53. The minimum atomic E-state index is 0.0421. The van der Waals surface area contributed by atoms with Gasteiger partial charge in [0.2, 0.25) is 11.8 Å². The van der Waals surface area contributed by atoms with Crippen molar-refractivity contribution in [3.8, 4) is 23.5 Å². The standard InChI is InChI=1S/C13H14N6O3S/c1-20-10-6-11(21-2)18-13(17-10)22-9-4-3-5-15-8(9)7-16-19-12(14)23/h3-7H,1-2H3,(H3,14,19,23)/b16-7+. The van der Waals surface area contributed by atoms with Gasteiger partial charge in [0.25, 0.3) is 0 Å². The Labute approximate surface area is 137 Å². The normalized spacial score (nSPS) is 10.3. The van der Waals surface area contributed by atoms with Crippen LogP contribution in [0.4, 0.5) is 0 Å². The van der Waals surface area contributed by atoms with Gasteiger partial charge in [0.1, 0.15) is 5.69 Å². The monoisotopic (exact) mass is 334 g/mol. The molecule has 0 bridgehead atoms. The maximum Gasteiger partial charge on any atom is 0.328 e. The van der Waals surface area contributed by atoms with Gasteiger partial charge in [-0.05, 0) is 24.4 Å². The highest BCUT2D eigenvalue weighted by atomic mass is 32.1. The Morgan fingerprint density at radius 2 is 2.00 bits per heavy atom. The minimum absolute atomic E-state index is 0.0421. The highest BCUT2D eigenvalue weighted by molar-refractivity contribution is 7.80. The Morgan fingerprint density at radius 1 is 1.30 bits per heavy atom. The van der Waals surface area contributed by atoms with Gasteiger partial charge in [0, 0.05) is 6.20 Å². The molecule has 0 fully saturated rings. The van der Waals surface area contributed by atoms with E-state index in [0.29, 0.717) is 23.2 Å². The molecule has 0 saturated heterocycles. The lowest BCUT2D eigenvalue weighted by Crippen LogP contribution is -2.24. The van der Waals surface area contributed by atoms with Crippen LogP contribution in [0.1, 0.15) is 5.69 Å². The molecule has 0 aliphatic rings. The second kappa shape index (κ2) is 7.84. The summed E-state index contributed by atoms with van der Waals surface area (Å²) in [6.07, 6.45) is 2.99. The molecule has 0 saturated carbocycles. The van der Waals surface area contributed by atoms with Crippen molar-refractivity contribution in [3.05, 3.63) is 30.1 Å². The molecule has 0 aliphatic carbocycles. The Balaban J connectivity index is 2.26. The molecule has 0 radical (unpaired) electrons. The summed E-state index contributed by atoms with van der Waals surface area (Å²) in [5, 5.41) is 3.88. The van der Waals surface area contributed by atoms with Gasteiger partial charge in [0.05, 0.1) is 26.5 Å². The van der Waals surface area contributed by atoms with Crippen LogP contribution in [0.5, 0.6) is 23.5 Å². The molecule has 2 rings (SSSR count). The first kappa shape index (κ1) is 16.4. The Kier molecular flexibility index (Phi) is 5.58. The van der Waals surface area contributed by atoms with E-state index < -0.39 is 0 Å². The van der Waals surface area contributed by atoms with Gasteiger partial charge in [-0.15, -0.1) is 0 Å². The highest BCUT2D eigenvalue weighted by Gasteiger charge is 2.10. The molecule has 0 aliphatic heterocycles. The van der Waals surface area contributed by atoms with Gasteiger partial charge in [-0.1, -0.05) is 0 Å². The molecule has 23 heavy (non-hydrogen) atoms. The van der Waals surface area contributed by atoms with Gasteiger partial charge in [0.15, 0.2) is 10.9 Å². The zero-order valence-corrected chi connectivity index (χ0v) is 13.2. The Hall–Kier alpha value is -3.01. The van der Waals surface area contributed by atoms with Crippen molar-refractivity contribution in [2.45, 2.75) is 0 Å². The molecule has 0 spiro atoms. The number of ether oxygens (including phenoxy) is 3. The Bertz CT molecular complexity index is 702. The van der Waals surface area contributed by atoms with Crippen LogP contribution in [0, 0.1) is 0 Å². The van der Waals surface area contributed by atoms with E-state index in [1.54, 1.807) is 18.3 Å². The summed E-state index contributed by atoms with van der Waals surface area (Å²) in [6, 6.07) is 4.96. The second-order valence-corrected chi connectivity index (χ2v) is 4.40. The number of rotatable bonds is 6. The molecule has 2 aromatic heterocycles. The number of aromatic nitrogens is 3. The lowest BCUT2D eigenvalue weighted by atomic mass is 10.3. The maximum atomic E-state index is 5.62. The van der Waals surface area contributed by atoms with Gasteiger partial charge < -0.3 is 19.9 Å². The number of nitrogens with two attached hydrogens (primary N) is 1. The molecule has 120 valence electrons. The fourth-order valence-electron chi connectivity index (χ4n) is 1.48. The van der Waals surface area contributed by atoms with E-state index in [-0.39, 0.29) is 11.1 Å². The van der Waals surface area contributed by atoms with Crippen molar-refractivity contribution in [3.63, 3.8) is 0 Å². The molecule has 0 atom stereocenters. The highest BCUT2D eigenvalue weighted by Crippen LogP contribution is 2.24. The molecule has 3 N–H and O–H groups in total. The topological polar surface area (TPSA) is 117 Å². The summed E-state index contributed by atoms with van der Waals surface area (Å²) >= 11 is 4.66. The first-order valence-corrected chi connectivity index (χ1v) is 6.71. The number of thiocarbonyl (C=S) groups is 1. The number of nitrogens with zero attached hydrogens (tertiary/aromatic N) is 4. The van der Waals surface area contributed by atoms with E-state index in [1.807, 2.05) is 0 Å². The smallest absolute Gasteiger partial charge is 0.328 e. The quantitative estimate of drug-likeness (QED) is 0.450. The summed E-state index contributed by atoms with van der Waals surface area (Å²) in [7, 11) is 2.96. The SMILES string of the molecule is COc1cc(OC)nc(Oc2cccnc2/C=N/NC(N)=S)n1. The molecule has 0 aromatic carbocycles. The molecule has 2 heterocycles. The van der Waals surface area contributed by atoms with E-state index in [1.165, 1.54) is 26.5 Å². The molecule has 9 nitrogen and oxygen atoms in total. The molecule has 2 aromatic rings. The molecular weight excluding hydrogens is 320 g/mol. The first-order chi connectivity index (χ1) is 11.1. The summed E-state index contributed by atoms with van der Waals surface area (Å²) < 4.78 is 15.8. The third kappa shape index (κ3) is 4.74. The number of methoxy groups -OCH3 is 2. The predicted molar refractivity (Wildman–Crippen MR) is 87.0 cm³/mol. The van der Waals surface area contributed by atoms with Crippen LogP contribution in [0.25, 0.3) is 0 Å². The fraction of sp³-hybridized carbons (Fsp3) is 0.154. The molecular formula is C13H14N6O3S. The van der Waals surface area contributed by atoms with Crippen LogP contribution >= 0.6 is 12.2 Å². The molecule has 0 amide bonds. The predicted octanol–water partition coefficient (Wildman–Crippen LogP) is 0.848. The van der Waals surface area contributed by atoms with Gasteiger partial charge in [-0.2, -0.15) is 15.1 Å². The largest absolute Gasteiger partial charge is 0.481 e. The lowest BCUT2D eigenvalue weighted by Gasteiger charge is -2.08. The summed E-state index contributed by atoms with van der Waals surface area (Å²) in [6.45, 7) is 0. The van der Waals surface area contributed by atoms with Crippen LogP contribution in [0.2, 0.25) is 0 Å². The summed E-state index contributed by atoms with van der Waals surface area (Å²) in [4.78, 5) is 12.3. The molecule has 10 heteroatoms. The molecule has 0 unspecified atom stereocenters. The van der Waals surface area contributed by atoms with Crippen molar-refractivity contribution in [2.75, 3.05) is 14.2 Å². The van der Waals surface area contributed by atoms with Crippen molar-refractivity contribution >= 4 is 23.5 Å². The van der Waals surface area contributed by atoms with Crippen molar-refractivity contribution in [1.82, 2.24) is 20.4 Å². The number of hydrogen-bond acceptors (Lipinski definition) is 8. The summed E-state index contributed by atoms with van der Waals surface area (Å²) in [5.41, 5.74) is 8.15. The van der Waals surface area contributed by atoms with Gasteiger partial charge in [-0.3, -0.25) is 10.4 Å². The zero-order chi connectivity index (χ0) is 16.7. The van der Waals surface area contributed by atoms with E-state index in [9.17, 15) is 0 Å². The van der Waals surface area contributed by atoms with Crippen molar-refractivity contribution in [2.24, 2.45) is 10.8 Å². The Morgan fingerprint density at radius 3 is 2.61 bits per heavy atom. The average Bonchev–Trinajstić information content (AvgIpc) is 2.55. The minimum Gasteiger partial charge on any atom is -0.481 e. The van der Waals surface area contributed by atoms with Crippen LogP contribution in [0.15, 0.2) is 29.5 Å². The van der Waals surface area contributed by atoms with Crippen LogP contribution in [-0.4, -0.2) is 40.5 Å². The van der Waals surface area contributed by atoms with Gasteiger partial charge >= 0.3 is 6.01 Å². The maximum absolute atomic E-state index is 5.62. The van der Waals surface area contributed by atoms with E-state index >= 15 is 0 Å². The van der Waals surface area contributed by atoms with Crippen LogP contribution in [0.3, 0.4) is 0 Å². The second-order valence-electron chi connectivity index (χ2n) is 3.96. The van der Waals surface area contributed by atoms with E-state index in [2.05, 4.69) is 37.7 Å². The third-order valence-corrected chi connectivity index (χ3v) is 2.53. The number of pyridine rings is 1. The average molecular weight is 334 g/mol. The van der Waals surface area contributed by atoms with E-state index in [0.717, 1.165) is 0 Å². The summed E-state index contributed by atoms with van der Waals surface area (Å²) in [5.74, 6) is 0.999. The first-order valence-electron chi connectivity index (χ1n) is 6.31. The van der Waals surface area contributed by atoms with Crippen LogP contribution in [-0.2, 0) is 0 Å².